The number of anilines is 3. The Hall–Kier alpha value is -8.34. The Balaban J connectivity index is 1.09. The van der Waals surface area contributed by atoms with Crippen molar-refractivity contribution in [3.63, 3.8) is 0 Å². The van der Waals surface area contributed by atoms with Gasteiger partial charge in [-0.3, -0.25) is 0 Å². The number of hydrogen-bond donors (Lipinski definition) is 0. The maximum atomic E-state index is 7.02. The molecule has 3 aromatic heterocycles. The number of benzene rings is 10. The maximum Gasteiger partial charge on any atom is 0.145 e. The normalized spacial score (nSPS) is 11.9. The van der Waals surface area contributed by atoms with Crippen molar-refractivity contribution in [2.75, 3.05) is 4.90 Å². The fourth-order valence-electron chi connectivity index (χ4n) is 9.84. The molecule has 13 rings (SSSR count). The first kappa shape index (κ1) is 34.5. The summed E-state index contributed by atoms with van der Waals surface area (Å²) in [6, 6.07) is 78.0. The van der Waals surface area contributed by atoms with E-state index in [1.807, 2.05) is 18.2 Å². The summed E-state index contributed by atoms with van der Waals surface area (Å²) in [5, 5.41) is 9.21. The lowest BCUT2D eigenvalue weighted by Crippen LogP contribution is -2.12. The van der Waals surface area contributed by atoms with Crippen LogP contribution in [-0.4, -0.2) is 4.57 Å². The highest BCUT2D eigenvalue weighted by molar-refractivity contribution is 6.16. The van der Waals surface area contributed by atoms with Gasteiger partial charge in [0.15, 0.2) is 0 Å². The van der Waals surface area contributed by atoms with Crippen LogP contribution in [0.3, 0.4) is 0 Å². The quantitative estimate of drug-likeness (QED) is 0.168. The zero-order valence-electron chi connectivity index (χ0n) is 33.5. The fourth-order valence-corrected chi connectivity index (χ4v) is 9.84. The molecular weight excluding hydrogens is 757 g/mol. The zero-order chi connectivity index (χ0) is 40.7. The third-order valence-corrected chi connectivity index (χ3v) is 12.6. The van der Waals surface area contributed by atoms with Crippen LogP contribution < -0.4 is 4.90 Å². The molecule has 0 unspecified atom stereocenters. The van der Waals surface area contributed by atoms with E-state index in [1.165, 1.54) is 21.5 Å². The summed E-state index contributed by atoms with van der Waals surface area (Å²) in [5.74, 6) is 0. The predicted molar refractivity (Wildman–Crippen MR) is 258 cm³/mol. The lowest BCUT2D eigenvalue weighted by molar-refractivity contribution is 0.669. The van der Waals surface area contributed by atoms with Crippen LogP contribution in [0.1, 0.15) is 0 Å². The number of hydrogen-bond acceptors (Lipinski definition) is 3. The minimum atomic E-state index is 0.845. The van der Waals surface area contributed by atoms with Gasteiger partial charge in [-0.25, -0.2) is 0 Å². The number of nitrogens with zero attached hydrogens (tertiary/aromatic N) is 2. The molecule has 0 saturated heterocycles. The van der Waals surface area contributed by atoms with Crippen molar-refractivity contribution in [3.8, 4) is 27.9 Å². The highest BCUT2D eigenvalue weighted by Crippen LogP contribution is 2.49. The molecule has 0 fully saturated rings. The SMILES string of the molecule is c1ccc(-n2c3ccccc3c3ccccc32)c(-c2c(N(c3ccc(-c4cccc5oc6ccccc6c45)cc3)c3ccc4ccccc4c3)ccc3c2oc2ccccc23)c1. The molecule has 13 aromatic rings. The summed E-state index contributed by atoms with van der Waals surface area (Å²) in [5.41, 5.74) is 14.3. The molecule has 4 nitrogen and oxygen atoms in total. The molecule has 0 aliphatic rings. The Morgan fingerprint density at radius 2 is 0.968 bits per heavy atom. The zero-order valence-corrected chi connectivity index (χ0v) is 33.5. The van der Waals surface area contributed by atoms with E-state index in [2.05, 4.69) is 210 Å². The standard InChI is InChI=1S/C58H36N2O2/c1-2-15-39-36-41(33-28-37(39)14-1)59(40-31-29-38(30-32-40)42-21-13-27-55-56(42)48-20-7-12-26-54(48)61-55)52-35-34-46-45-18-6-11-25-53(45)62-58(46)57(52)47-19-5-10-24-51(47)60-49-22-8-3-16-43(49)44-17-4-9-23-50(44)60/h1-36H. The van der Waals surface area contributed by atoms with Crippen molar-refractivity contribution >= 4 is 93.5 Å². The van der Waals surface area contributed by atoms with Crippen molar-refractivity contribution in [3.05, 3.63) is 218 Å². The van der Waals surface area contributed by atoms with Gasteiger partial charge in [-0.2, -0.15) is 0 Å². The molecule has 0 amide bonds. The van der Waals surface area contributed by atoms with Crippen molar-refractivity contribution in [2.24, 2.45) is 0 Å². The molecule has 0 spiro atoms. The molecule has 290 valence electrons. The Labute approximate surface area is 356 Å². The Bertz CT molecular complexity index is 3830. The van der Waals surface area contributed by atoms with Crippen LogP contribution in [-0.2, 0) is 0 Å². The second kappa shape index (κ2) is 13.6. The summed E-state index contributed by atoms with van der Waals surface area (Å²) in [6.07, 6.45) is 0. The van der Waals surface area contributed by atoms with Gasteiger partial charge in [-0.05, 0) is 94.7 Å². The van der Waals surface area contributed by atoms with Crippen molar-refractivity contribution in [2.45, 2.75) is 0 Å². The average Bonchev–Trinajstić information content (AvgIpc) is 4.02. The van der Waals surface area contributed by atoms with E-state index >= 15 is 0 Å². The van der Waals surface area contributed by atoms with E-state index in [0.717, 1.165) is 99.9 Å². The topological polar surface area (TPSA) is 34.5 Å². The number of rotatable bonds is 6. The predicted octanol–water partition coefficient (Wildman–Crippen LogP) is 16.5. The average molecular weight is 793 g/mol. The van der Waals surface area contributed by atoms with Gasteiger partial charge in [-0.15, -0.1) is 0 Å². The summed E-state index contributed by atoms with van der Waals surface area (Å²) < 4.78 is 15.7. The number of aromatic nitrogens is 1. The van der Waals surface area contributed by atoms with Gasteiger partial charge in [0.2, 0.25) is 0 Å². The lowest BCUT2D eigenvalue weighted by Gasteiger charge is -2.29. The van der Waals surface area contributed by atoms with Crippen molar-refractivity contribution in [1.82, 2.24) is 4.57 Å². The molecule has 0 aliphatic carbocycles. The summed E-state index contributed by atoms with van der Waals surface area (Å²) in [6.45, 7) is 0. The molecule has 0 atom stereocenters. The van der Waals surface area contributed by atoms with E-state index in [-0.39, 0.29) is 0 Å². The van der Waals surface area contributed by atoms with Crippen LogP contribution in [0.4, 0.5) is 17.1 Å². The summed E-state index contributed by atoms with van der Waals surface area (Å²) in [4.78, 5) is 2.40. The number of para-hydroxylation sites is 5. The summed E-state index contributed by atoms with van der Waals surface area (Å²) >= 11 is 0. The highest BCUT2D eigenvalue weighted by atomic mass is 16.3. The molecule has 62 heavy (non-hydrogen) atoms. The Morgan fingerprint density at radius 1 is 0.371 bits per heavy atom. The highest BCUT2D eigenvalue weighted by Gasteiger charge is 2.26. The van der Waals surface area contributed by atoms with Gasteiger partial charge < -0.3 is 18.3 Å². The van der Waals surface area contributed by atoms with Crippen LogP contribution in [0.2, 0.25) is 0 Å². The third-order valence-electron chi connectivity index (χ3n) is 12.6. The molecule has 3 heterocycles. The fraction of sp³-hybridized carbons (Fsp3) is 0. The molecule has 10 aromatic carbocycles. The minimum absolute atomic E-state index is 0.845. The molecule has 0 bridgehead atoms. The smallest absolute Gasteiger partial charge is 0.145 e. The minimum Gasteiger partial charge on any atom is -0.456 e. The van der Waals surface area contributed by atoms with Gasteiger partial charge in [0.25, 0.3) is 0 Å². The molecule has 0 radical (unpaired) electrons. The van der Waals surface area contributed by atoms with Gasteiger partial charge in [-0.1, -0.05) is 146 Å². The second-order valence-corrected chi connectivity index (χ2v) is 16.0. The van der Waals surface area contributed by atoms with Crippen LogP contribution in [0.5, 0.6) is 0 Å². The summed E-state index contributed by atoms with van der Waals surface area (Å²) in [7, 11) is 0. The molecule has 0 N–H and O–H groups in total. The molecular formula is C58H36N2O2. The van der Waals surface area contributed by atoms with Gasteiger partial charge >= 0.3 is 0 Å². The van der Waals surface area contributed by atoms with Crippen LogP contribution in [0.15, 0.2) is 227 Å². The molecule has 0 aliphatic heterocycles. The van der Waals surface area contributed by atoms with Crippen LogP contribution in [0.25, 0.3) is 104 Å². The van der Waals surface area contributed by atoms with Gasteiger partial charge in [0.05, 0.1) is 28.0 Å². The van der Waals surface area contributed by atoms with E-state index < -0.39 is 0 Å². The monoisotopic (exact) mass is 792 g/mol. The third kappa shape index (κ3) is 5.20. The van der Waals surface area contributed by atoms with Gasteiger partial charge in [0.1, 0.15) is 22.3 Å². The van der Waals surface area contributed by atoms with E-state index in [1.54, 1.807) is 0 Å². The Morgan fingerprint density at radius 3 is 1.76 bits per heavy atom. The largest absolute Gasteiger partial charge is 0.456 e. The number of furan rings is 2. The van der Waals surface area contributed by atoms with E-state index in [0.29, 0.717) is 0 Å². The van der Waals surface area contributed by atoms with Gasteiger partial charge in [0, 0.05) is 49.3 Å². The molecule has 4 heteroatoms. The first-order valence-electron chi connectivity index (χ1n) is 21.1. The molecule has 0 saturated carbocycles. The van der Waals surface area contributed by atoms with E-state index in [9.17, 15) is 0 Å². The van der Waals surface area contributed by atoms with Crippen LogP contribution >= 0.6 is 0 Å². The first-order chi connectivity index (χ1) is 30.8. The second-order valence-electron chi connectivity index (χ2n) is 16.0. The maximum absolute atomic E-state index is 7.02. The first-order valence-corrected chi connectivity index (χ1v) is 21.1. The van der Waals surface area contributed by atoms with E-state index in [4.69, 9.17) is 8.83 Å². The van der Waals surface area contributed by atoms with Crippen molar-refractivity contribution < 1.29 is 8.83 Å². The lowest BCUT2D eigenvalue weighted by atomic mass is 9.96. The number of fused-ring (bicyclic) bond motifs is 10. The van der Waals surface area contributed by atoms with Crippen LogP contribution in [0, 0.1) is 0 Å². The van der Waals surface area contributed by atoms with Crippen molar-refractivity contribution in [1.29, 1.82) is 0 Å². The Kier molecular flexibility index (Phi) is 7.57.